The van der Waals surface area contributed by atoms with E-state index in [1.165, 1.54) is 56.3 Å². The zero-order valence-corrected chi connectivity index (χ0v) is 18.0. The van der Waals surface area contributed by atoms with Gasteiger partial charge in [0, 0.05) is 43.6 Å². The first kappa shape index (κ1) is 17.8. The Labute approximate surface area is 179 Å². The molecule has 0 aromatic carbocycles. The molecule has 9 atom stereocenters. The lowest BCUT2D eigenvalue weighted by molar-refractivity contribution is -0.851. The van der Waals surface area contributed by atoms with E-state index in [2.05, 4.69) is 23.1 Å². The van der Waals surface area contributed by atoms with Gasteiger partial charge in [0.2, 0.25) is 6.23 Å². The van der Waals surface area contributed by atoms with Crippen LogP contribution in [-0.4, -0.2) is 79.2 Å². The number of allylic oxidation sites excluding steroid dienone is 3. The third-order valence-electron chi connectivity index (χ3n) is 10.7. The maximum Gasteiger partial charge on any atom is 0.223 e. The molecule has 0 bridgehead atoms. The molecule has 5 aliphatic heterocycles. The highest BCUT2D eigenvalue weighted by atomic mass is 16.6. The standard InChI is InChI=1S/C25H36N3O2/c26-19-12-17-2-1-3-18-20-21-23(25(17,18)20)28(21,24-22(19)30-24)14-16-4-8-27(9-5-16)13-15-6-10-29-11-7-15/h1-3,15-16,18-24H,4-14,26H2/q+1/t18?,19-,20?,21?,22?,23?,24?,25?,28?/m1/s1. The molecule has 8 rings (SSSR count). The van der Waals surface area contributed by atoms with E-state index in [0.717, 1.165) is 55.4 Å². The average Bonchev–Trinajstić information content (AvgIpc) is 3.65. The van der Waals surface area contributed by atoms with Crippen LogP contribution in [0.15, 0.2) is 23.8 Å². The summed E-state index contributed by atoms with van der Waals surface area (Å²) in [6, 6.07) is 1.97. The Morgan fingerprint density at radius 2 is 1.97 bits per heavy atom. The predicted octanol–water partition coefficient (Wildman–Crippen LogP) is 1.89. The number of hydrogen-bond donors (Lipinski definition) is 1. The van der Waals surface area contributed by atoms with E-state index in [-0.39, 0.29) is 6.04 Å². The van der Waals surface area contributed by atoms with E-state index in [0.29, 0.717) is 17.7 Å². The van der Waals surface area contributed by atoms with Crippen LogP contribution in [0.25, 0.3) is 0 Å². The summed E-state index contributed by atoms with van der Waals surface area (Å²) in [7, 11) is 0. The highest BCUT2D eigenvalue weighted by Crippen LogP contribution is 2.90. The molecule has 2 N–H and O–H groups in total. The van der Waals surface area contributed by atoms with Crippen molar-refractivity contribution in [3.05, 3.63) is 23.8 Å². The van der Waals surface area contributed by atoms with E-state index in [1.807, 2.05) is 0 Å². The summed E-state index contributed by atoms with van der Waals surface area (Å²) >= 11 is 0. The quantitative estimate of drug-likeness (QED) is 0.568. The van der Waals surface area contributed by atoms with Gasteiger partial charge in [0.25, 0.3) is 0 Å². The summed E-state index contributed by atoms with van der Waals surface area (Å²) in [5.74, 6) is 3.49. The first-order valence-electron chi connectivity index (χ1n) is 12.7. The van der Waals surface area contributed by atoms with Gasteiger partial charge in [-0.05, 0) is 51.1 Å². The van der Waals surface area contributed by atoms with E-state index in [1.54, 1.807) is 5.57 Å². The molecule has 8 unspecified atom stereocenters. The molecule has 30 heavy (non-hydrogen) atoms. The number of ether oxygens (including phenoxy) is 2. The van der Waals surface area contributed by atoms with Crippen LogP contribution in [0.3, 0.4) is 0 Å². The number of likely N-dealkylation sites (tertiary alicyclic amines) is 1. The number of nitrogens with zero attached hydrogens (tertiary/aromatic N) is 2. The number of piperidine rings is 2. The maximum absolute atomic E-state index is 6.65. The molecular weight excluding hydrogens is 374 g/mol. The van der Waals surface area contributed by atoms with E-state index in [4.69, 9.17) is 15.2 Å². The normalized spacial score (nSPS) is 55.9. The van der Waals surface area contributed by atoms with Crippen molar-refractivity contribution < 1.29 is 14.0 Å². The summed E-state index contributed by atoms with van der Waals surface area (Å²) in [4.78, 5) is 2.75. The molecule has 0 radical (unpaired) electrons. The van der Waals surface area contributed by atoms with Gasteiger partial charge in [-0.15, -0.1) is 0 Å². The van der Waals surface area contributed by atoms with Crippen molar-refractivity contribution in [2.24, 2.45) is 34.8 Å². The Bertz CT molecular complexity index is 828. The summed E-state index contributed by atoms with van der Waals surface area (Å²) in [6.45, 7) is 7.23. The molecule has 0 amide bonds. The topological polar surface area (TPSA) is 51.0 Å². The van der Waals surface area contributed by atoms with Crippen molar-refractivity contribution in [3.8, 4) is 0 Å². The second-order valence-corrected chi connectivity index (χ2v) is 11.8. The molecule has 5 heterocycles. The lowest BCUT2D eigenvalue weighted by Crippen LogP contribution is -2.47. The Morgan fingerprint density at radius 3 is 2.80 bits per heavy atom. The monoisotopic (exact) mass is 410 g/mol. The molecular formula is C25H36N3O2+. The SMILES string of the molecule is N[C@@H]1CC2=CC=CC3C4C5C(C234)[N+]5(CC2CCN(CC3CCOCC3)CC2)C2OC21. The van der Waals surface area contributed by atoms with Crippen LogP contribution < -0.4 is 5.73 Å². The summed E-state index contributed by atoms with van der Waals surface area (Å²) in [5, 5.41) is 0. The van der Waals surface area contributed by atoms with Crippen LogP contribution in [0, 0.1) is 29.1 Å². The van der Waals surface area contributed by atoms with Gasteiger partial charge in [0.1, 0.15) is 6.04 Å². The van der Waals surface area contributed by atoms with E-state index < -0.39 is 0 Å². The minimum Gasteiger partial charge on any atom is -0.381 e. The average molecular weight is 411 g/mol. The van der Waals surface area contributed by atoms with Gasteiger partial charge >= 0.3 is 0 Å². The van der Waals surface area contributed by atoms with Gasteiger partial charge < -0.3 is 20.1 Å². The van der Waals surface area contributed by atoms with Crippen LogP contribution in [-0.2, 0) is 9.47 Å². The summed E-state index contributed by atoms with van der Waals surface area (Å²) in [6.07, 6.45) is 14.4. The Balaban J connectivity index is 0.979. The zero-order chi connectivity index (χ0) is 19.7. The minimum atomic E-state index is 0.211. The molecule has 8 aliphatic rings. The number of rotatable bonds is 4. The van der Waals surface area contributed by atoms with E-state index >= 15 is 0 Å². The fourth-order valence-corrected chi connectivity index (χ4v) is 9.36. The molecule has 0 aromatic rings. The molecule has 162 valence electrons. The van der Waals surface area contributed by atoms with Crippen molar-refractivity contribution in [1.82, 2.24) is 4.90 Å². The van der Waals surface area contributed by atoms with Crippen molar-refractivity contribution in [3.63, 3.8) is 0 Å². The smallest absolute Gasteiger partial charge is 0.223 e. The summed E-state index contributed by atoms with van der Waals surface area (Å²) in [5.41, 5.74) is 8.85. The third-order valence-corrected chi connectivity index (χ3v) is 10.7. The molecule has 5 heteroatoms. The Kier molecular flexibility index (Phi) is 3.43. The molecule has 1 spiro atoms. The number of quaternary nitrogens is 1. The van der Waals surface area contributed by atoms with Gasteiger partial charge in [-0.2, -0.15) is 0 Å². The lowest BCUT2D eigenvalue weighted by atomic mass is 9.74. The molecule has 7 fully saturated rings. The molecule has 3 aliphatic carbocycles. The fraction of sp³-hybridized carbons (Fsp3) is 0.840. The van der Waals surface area contributed by atoms with Crippen LogP contribution in [0.1, 0.15) is 32.1 Å². The zero-order valence-electron chi connectivity index (χ0n) is 18.0. The molecule has 0 aromatic heterocycles. The molecule has 5 nitrogen and oxygen atoms in total. The Hall–Kier alpha value is -0.720. The lowest BCUT2D eigenvalue weighted by Gasteiger charge is -2.37. The molecule has 2 saturated carbocycles. The van der Waals surface area contributed by atoms with Crippen LogP contribution in [0.5, 0.6) is 0 Å². The predicted molar refractivity (Wildman–Crippen MR) is 113 cm³/mol. The second-order valence-electron chi connectivity index (χ2n) is 11.8. The first-order valence-corrected chi connectivity index (χ1v) is 12.7. The van der Waals surface area contributed by atoms with Gasteiger partial charge in [0.15, 0.2) is 12.1 Å². The van der Waals surface area contributed by atoms with E-state index in [9.17, 15) is 0 Å². The van der Waals surface area contributed by atoms with Crippen LogP contribution in [0.2, 0.25) is 0 Å². The minimum absolute atomic E-state index is 0.211. The van der Waals surface area contributed by atoms with Crippen molar-refractivity contribution >= 4 is 0 Å². The Morgan fingerprint density at radius 1 is 1.13 bits per heavy atom. The van der Waals surface area contributed by atoms with Crippen molar-refractivity contribution in [2.75, 3.05) is 39.4 Å². The number of epoxide rings is 1. The van der Waals surface area contributed by atoms with Crippen LogP contribution in [0.4, 0.5) is 0 Å². The van der Waals surface area contributed by atoms with Crippen LogP contribution >= 0.6 is 0 Å². The maximum atomic E-state index is 6.65. The van der Waals surface area contributed by atoms with Crippen molar-refractivity contribution in [1.29, 1.82) is 0 Å². The van der Waals surface area contributed by atoms with Gasteiger partial charge in [-0.3, -0.25) is 4.48 Å². The van der Waals surface area contributed by atoms with Gasteiger partial charge in [-0.1, -0.05) is 23.8 Å². The highest BCUT2D eigenvalue weighted by molar-refractivity contribution is 5.53. The largest absolute Gasteiger partial charge is 0.381 e. The third kappa shape index (κ3) is 2.03. The number of hydrogen-bond acceptors (Lipinski definition) is 4. The highest BCUT2D eigenvalue weighted by Gasteiger charge is 3.03. The number of nitrogens with two attached hydrogens (primary N) is 1. The van der Waals surface area contributed by atoms with Gasteiger partial charge in [-0.25, -0.2) is 0 Å². The van der Waals surface area contributed by atoms with Gasteiger partial charge in [0.05, 0.1) is 12.0 Å². The molecule has 5 saturated heterocycles. The number of fused-ring (bicyclic) bond motifs is 5. The second kappa shape index (κ2) is 5.79. The van der Waals surface area contributed by atoms with Crippen molar-refractivity contribution in [2.45, 2.75) is 62.6 Å². The summed E-state index contributed by atoms with van der Waals surface area (Å²) < 4.78 is 13.2. The fourth-order valence-electron chi connectivity index (χ4n) is 9.36. The first-order chi connectivity index (χ1) is 14.7.